The summed E-state index contributed by atoms with van der Waals surface area (Å²) in [7, 11) is 0. The highest BCUT2D eigenvalue weighted by atomic mass is 16.5. The maximum atomic E-state index is 6.06. The molecule has 6 nitrogen and oxygen atoms in total. The van der Waals surface area contributed by atoms with Gasteiger partial charge in [-0.1, -0.05) is 0 Å². The zero-order chi connectivity index (χ0) is 15.5. The first-order valence-electron chi connectivity index (χ1n) is 8.00. The van der Waals surface area contributed by atoms with Crippen LogP contribution in [-0.4, -0.2) is 51.3 Å². The molecule has 4 rings (SSSR count). The van der Waals surface area contributed by atoms with Gasteiger partial charge in [0, 0.05) is 57.3 Å². The van der Waals surface area contributed by atoms with Crippen LogP contribution in [0.1, 0.15) is 18.4 Å². The average Bonchev–Trinajstić information content (AvgIpc) is 2.56. The molecule has 0 saturated carbocycles. The SMILES string of the molecule is c1cnc(OC2CCOC3(C2)CN(Cc2ccncc2)C3)nc1. The first-order chi connectivity index (χ1) is 11.3. The highest BCUT2D eigenvalue weighted by Crippen LogP contribution is 2.36. The largest absolute Gasteiger partial charge is 0.460 e. The van der Waals surface area contributed by atoms with E-state index in [4.69, 9.17) is 9.47 Å². The number of aromatic nitrogens is 3. The van der Waals surface area contributed by atoms with Crippen molar-refractivity contribution >= 4 is 0 Å². The van der Waals surface area contributed by atoms with Crippen molar-refractivity contribution < 1.29 is 9.47 Å². The molecule has 23 heavy (non-hydrogen) atoms. The zero-order valence-electron chi connectivity index (χ0n) is 13.0. The van der Waals surface area contributed by atoms with Crippen molar-refractivity contribution in [2.75, 3.05) is 19.7 Å². The van der Waals surface area contributed by atoms with Gasteiger partial charge in [-0.2, -0.15) is 0 Å². The van der Waals surface area contributed by atoms with Gasteiger partial charge in [-0.15, -0.1) is 0 Å². The second-order valence-corrected chi connectivity index (χ2v) is 6.30. The van der Waals surface area contributed by atoms with Gasteiger partial charge in [-0.05, 0) is 23.8 Å². The number of pyridine rings is 1. The molecule has 0 aliphatic carbocycles. The molecule has 120 valence electrons. The lowest BCUT2D eigenvalue weighted by molar-refractivity contribution is -0.188. The lowest BCUT2D eigenvalue weighted by Gasteiger charge is -2.53. The molecule has 4 heterocycles. The summed E-state index contributed by atoms with van der Waals surface area (Å²) >= 11 is 0. The number of rotatable bonds is 4. The van der Waals surface area contributed by atoms with Crippen LogP contribution < -0.4 is 4.74 Å². The molecule has 0 N–H and O–H groups in total. The average molecular weight is 312 g/mol. The minimum atomic E-state index is -0.0648. The second-order valence-electron chi connectivity index (χ2n) is 6.30. The molecule has 1 unspecified atom stereocenters. The third-order valence-corrected chi connectivity index (χ3v) is 4.44. The molecule has 2 aliphatic heterocycles. The monoisotopic (exact) mass is 312 g/mol. The molecule has 0 bridgehead atoms. The Hall–Kier alpha value is -2.05. The van der Waals surface area contributed by atoms with Gasteiger partial charge in [0.2, 0.25) is 0 Å². The molecule has 1 spiro atoms. The van der Waals surface area contributed by atoms with Crippen molar-refractivity contribution in [1.82, 2.24) is 19.9 Å². The van der Waals surface area contributed by atoms with Crippen molar-refractivity contribution in [3.05, 3.63) is 48.5 Å². The van der Waals surface area contributed by atoms with Gasteiger partial charge in [0.1, 0.15) is 6.10 Å². The number of nitrogens with zero attached hydrogens (tertiary/aromatic N) is 4. The van der Waals surface area contributed by atoms with Gasteiger partial charge < -0.3 is 9.47 Å². The van der Waals surface area contributed by atoms with Crippen molar-refractivity contribution in [3.8, 4) is 6.01 Å². The Morgan fingerprint density at radius 1 is 1.17 bits per heavy atom. The molecule has 2 aliphatic rings. The number of hydrogen-bond donors (Lipinski definition) is 0. The highest BCUT2D eigenvalue weighted by molar-refractivity contribution is 5.12. The summed E-state index contributed by atoms with van der Waals surface area (Å²) < 4.78 is 12.0. The minimum absolute atomic E-state index is 0.0648. The number of likely N-dealkylation sites (tertiary alicyclic amines) is 1. The Balaban J connectivity index is 1.32. The normalized spacial score (nSPS) is 23.4. The summed E-state index contributed by atoms with van der Waals surface area (Å²) in [5, 5.41) is 0. The Morgan fingerprint density at radius 3 is 2.74 bits per heavy atom. The fraction of sp³-hybridized carbons (Fsp3) is 0.471. The van der Waals surface area contributed by atoms with E-state index in [0.717, 1.165) is 39.1 Å². The van der Waals surface area contributed by atoms with E-state index in [1.807, 2.05) is 12.4 Å². The van der Waals surface area contributed by atoms with Crippen LogP contribution in [0, 0.1) is 0 Å². The van der Waals surface area contributed by atoms with Crippen LogP contribution in [0.25, 0.3) is 0 Å². The Morgan fingerprint density at radius 2 is 1.96 bits per heavy atom. The van der Waals surface area contributed by atoms with Crippen molar-refractivity contribution in [2.45, 2.75) is 31.1 Å². The third kappa shape index (κ3) is 3.33. The van der Waals surface area contributed by atoms with E-state index in [9.17, 15) is 0 Å². The van der Waals surface area contributed by atoms with Crippen LogP contribution >= 0.6 is 0 Å². The van der Waals surface area contributed by atoms with E-state index in [-0.39, 0.29) is 11.7 Å². The fourth-order valence-corrected chi connectivity index (χ4v) is 3.43. The van der Waals surface area contributed by atoms with Crippen LogP contribution in [0.15, 0.2) is 43.0 Å². The summed E-state index contributed by atoms with van der Waals surface area (Å²) in [5.41, 5.74) is 1.22. The number of hydrogen-bond acceptors (Lipinski definition) is 6. The summed E-state index contributed by atoms with van der Waals surface area (Å²) in [6.45, 7) is 3.58. The molecule has 2 fully saturated rings. The van der Waals surface area contributed by atoms with E-state index in [2.05, 4.69) is 32.0 Å². The lowest BCUT2D eigenvalue weighted by Crippen LogP contribution is -2.65. The van der Waals surface area contributed by atoms with Gasteiger partial charge in [0.15, 0.2) is 0 Å². The molecule has 1 atom stereocenters. The third-order valence-electron chi connectivity index (χ3n) is 4.44. The zero-order valence-corrected chi connectivity index (χ0v) is 13.0. The van der Waals surface area contributed by atoms with Gasteiger partial charge in [-0.25, -0.2) is 9.97 Å². The van der Waals surface area contributed by atoms with E-state index < -0.39 is 0 Å². The number of ether oxygens (including phenoxy) is 2. The van der Waals surface area contributed by atoms with Gasteiger partial charge in [0.05, 0.1) is 12.2 Å². The highest BCUT2D eigenvalue weighted by Gasteiger charge is 2.48. The topological polar surface area (TPSA) is 60.4 Å². The molecule has 0 amide bonds. The van der Waals surface area contributed by atoms with E-state index in [1.165, 1.54) is 5.56 Å². The van der Waals surface area contributed by atoms with E-state index >= 15 is 0 Å². The van der Waals surface area contributed by atoms with E-state index in [1.54, 1.807) is 18.5 Å². The molecule has 6 heteroatoms. The van der Waals surface area contributed by atoms with Crippen LogP contribution in [0.3, 0.4) is 0 Å². The molecule has 2 aromatic rings. The summed E-state index contributed by atoms with van der Waals surface area (Å²) in [6.07, 6.45) is 9.02. The molecule has 0 radical (unpaired) electrons. The van der Waals surface area contributed by atoms with Crippen molar-refractivity contribution in [2.24, 2.45) is 0 Å². The Bertz CT molecular complexity index is 632. The summed E-state index contributed by atoms with van der Waals surface area (Å²) in [6, 6.07) is 6.38. The predicted octanol–water partition coefficient (Wildman–Crippen LogP) is 1.68. The van der Waals surface area contributed by atoms with Crippen molar-refractivity contribution in [3.63, 3.8) is 0 Å². The molecular weight excluding hydrogens is 292 g/mol. The Labute approximate surface area is 135 Å². The fourth-order valence-electron chi connectivity index (χ4n) is 3.43. The van der Waals surface area contributed by atoms with Crippen molar-refractivity contribution in [1.29, 1.82) is 0 Å². The lowest BCUT2D eigenvalue weighted by atomic mass is 9.84. The molecule has 2 aromatic heterocycles. The van der Waals surface area contributed by atoms with Crippen LogP contribution in [-0.2, 0) is 11.3 Å². The van der Waals surface area contributed by atoms with Crippen LogP contribution in [0.2, 0.25) is 0 Å². The standard InChI is InChI=1S/C17H20N4O2/c1-5-19-16(20-6-1)23-15-4-9-22-17(10-15)12-21(13-17)11-14-2-7-18-8-3-14/h1-3,5-8,15H,4,9-13H2. The van der Waals surface area contributed by atoms with Gasteiger partial charge >= 0.3 is 6.01 Å². The quantitative estimate of drug-likeness (QED) is 0.856. The second kappa shape index (κ2) is 6.22. The molecular formula is C17H20N4O2. The minimum Gasteiger partial charge on any atom is -0.460 e. The maximum absolute atomic E-state index is 6.06. The smallest absolute Gasteiger partial charge is 0.316 e. The van der Waals surface area contributed by atoms with Crippen LogP contribution in [0.4, 0.5) is 0 Å². The summed E-state index contributed by atoms with van der Waals surface area (Å²) in [4.78, 5) is 14.7. The van der Waals surface area contributed by atoms with E-state index in [0.29, 0.717) is 6.01 Å². The van der Waals surface area contributed by atoms with Gasteiger partial charge in [-0.3, -0.25) is 9.88 Å². The Kier molecular flexibility index (Phi) is 3.93. The maximum Gasteiger partial charge on any atom is 0.316 e. The van der Waals surface area contributed by atoms with Gasteiger partial charge in [0.25, 0.3) is 0 Å². The molecule has 2 saturated heterocycles. The first kappa shape index (κ1) is 14.5. The van der Waals surface area contributed by atoms with Crippen LogP contribution in [0.5, 0.6) is 6.01 Å². The summed E-state index contributed by atoms with van der Waals surface area (Å²) in [5.74, 6) is 0. The predicted molar refractivity (Wildman–Crippen MR) is 83.9 cm³/mol. The molecule has 0 aromatic carbocycles. The first-order valence-corrected chi connectivity index (χ1v) is 8.00.